The van der Waals surface area contributed by atoms with E-state index in [1.807, 2.05) is 6.07 Å². The van der Waals surface area contributed by atoms with Gasteiger partial charge in [0.1, 0.15) is 11.4 Å². The SMILES string of the molecule is CC(C)(C)OC(=O)NCCSCC(=O)Nc1cccc2c(O)cccc12. The largest absolute Gasteiger partial charge is 0.507 e. The highest BCUT2D eigenvalue weighted by molar-refractivity contribution is 7.99. The summed E-state index contributed by atoms with van der Waals surface area (Å²) in [4.78, 5) is 23.6. The van der Waals surface area contributed by atoms with Crippen molar-refractivity contribution in [3.63, 3.8) is 0 Å². The van der Waals surface area contributed by atoms with Crippen LogP contribution in [0.25, 0.3) is 10.8 Å². The number of benzene rings is 2. The van der Waals surface area contributed by atoms with Gasteiger partial charge in [-0.1, -0.05) is 24.3 Å². The Morgan fingerprint density at radius 3 is 2.54 bits per heavy atom. The number of amides is 2. The molecule has 0 heterocycles. The molecule has 0 unspecified atom stereocenters. The second-order valence-electron chi connectivity index (χ2n) is 6.71. The lowest BCUT2D eigenvalue weighted by Crippen LogP contribution is -2.33. The molecule has 7 heteroatoms. The minimum atomic E-state index is -0.524. The number of hydrogen-bond donors (Lipinski definition) is 3. The summed E-state index contributed by atoms with van der Waals surface area (Å²) in [6, 6.07) is 10.6. The van der Waals surface area contributed by atoms with Gasteiger partial charge >= 0.3 is 6.09 Å². The molecular formula is C19H24N2O4S. The summed E-state index contributed by atoms with van der Waals surface area (Å²) in [5, 5.41) is 16.9. The standard InChI is InChI=1S/C19H24N2O4S/c1-19(2,3)25-18(24)20-10-11-26-12-17(23)21-15-8-4-7-14-13(15)6-5-9-16(14)22/h4-9,22H,10-12H2,1-3H3,(H,20,24)(H,21,23). The number of phenols is 1. The first-order valence-corrected chi connectivity index (χ1v) is 9.47. The van der Waals surface area contributed by atoms with E-state index >= 15 is 0 Å². The summed E-state index contributed by atoms with van der Waals surface area (Å²) in [7, 11) is 0. The van der Waals surface area contributed by atoms with Gasteiger partial charge in [-0.25, -0.2) is 4.79 Å². The van der Waals surface area contributed by atoms with Crippen molar-refractivity contribution in [2.45, 2.75) is 26.4 Å². The fourth-order valence-electron chi connectivity index (χ4n) is 2.29. The Morgan fingerprint density at radius 1 is 1.12 bits per heavy atom. The number of hydrogen-bond acceptors (Lipinski definition) is 5. The quantitative estimate of drug-likeness (QED) is 0.669. The highest BCUT2D eigenvalue weighted by atomic mass is 32.2. The number of thioether (sulfide) groups is 1. The molecule has 3 N–H and O–H groups in total. The second-order valence-corrected chi connectivity index (χ2v) is 7.81. The maximum Gasteiger partial charge on any atom is 0.407 e. The topological polar surface area (TPSA) is 87.7 Å². The lowest BCUT2D eigenvalue weighted by Gasteiger charge is -2.19. The summed E-state index contributed by atoms with van der Waals surface area (Å²) in [6.45, 7) is 5.84. The summed E-state index contributed by atoms with van der Waals surface area (Å²) < 4.78 is 5.14. The van der Waals surface area contributed by atoms with E-state index in [9.17, 15) is 14.7 Å². The first-order chi connectivity index (χ1) is 12.3. The third kappa shape index (κ3) is 6.15. The molecule has 0 radical (unpaired) electrons. The molecular weight excluding hydrogens is 352 g/mol. The van der Waals surface area contributed by atoms with E-state index in [1.165, 1.54) is 11.8 Å². The van der Waals surface area contributed by atoms with Gasteiger partial charge in [0, 0.05) is 28.8 Å². The maximum absolute atomic E-state index is 12.1. The van der Waals surface area contributed by atoms with Crippen molar-refractivity contribution in [1.82, 2.24) is 5.32 Å². The van der Waals surface area contributed by atoms with Crippen molar-refractivity contribution in [1.29, 1.82) is 0 Å². The van der Waals surface area contributed by atoms with Gasteiger partial charge in [0.2, 0.25) is 5.91 Å². The molecule has 2 aromatic carbocycles. The van der Waals surface area contributed by atoms with E-state index in [4.69, 9.17) is 4.74 Å². The zero-order valence-electron chi connectivity index (χ0n) is 15.2. The van der Waals surface area contributed by atoms with Crippen LogP contribution in [0.15, 0.2) is 36.4 Å². The van der Waals surface area contributed by atoms with E-state index < -0.39 is 11.7 Å². The third-order valence-corrected chi connectivity index (χ3v) is 4.28. The molecule has 0 atom stereocenters. The lowest BCUT2D eigenvalue weighted by molar-refractivity contribution is -0.113. The maximum atomic E-state index is 12.1. The van der Waals surface area contributed by atoms with Crippen LogP contribution >= 0.6 is 11.8 Å². The van der Waals surface area contributed by atoms with Crippen LogP contribution in [0.3, 0.4) is 0 Å². The predicted molar refractivity (Wildman–Crippen MR) is 106 cm³/mol. The highest BCUT2D eigenvalue weighted by Gasteiger charge is 2.15. The van der Waals surface area contributed by atoms with Crippen LogP contribution in [-0.4, -0.2) is 40.8 Å². The molecule has 0 aromatic heterocycles. The number of fused-ring (bicyclic) bond motifs is 1. The fourth-order valence-corrected chi connectivity index (χ4v) is 2.94. The van der Waals surface area contributed by atoms with Crippen LogP contribution in [0.1, 0.15) is 20.8 Å². The van der Waals surface area contributed by atoms with E-state index in [1.54, 1.807) is 51.1 Å². The predicted octanol–water partition coefficient (Wildman–Crippen LogP) is 3.74. The highest BCUT2D eigenvalue weighted by Crippen LogP contribution is 2.29. The van der Waals surface area contributed by atoms with Crippen LogP contribution in [0, 0.1) is 0 Å². The van der Waals surface area contributed by atoms with E-state index in [0.717, 1.165) is 5.39 Å². The van der Waals surface area contributed by atoms with Crippen molar-refractivity contribution in [2.24, 2.45) is 0 Å². The molecule has 0 saturated carbocycles. The molecule has 0 bridgehead atoms. The van der Waals surface area contributed by atoms with Gasteiger partial charge in [-0.15, -0.1) is 0 Å². The molecule has 2 aromatic rings. The second kappa shape index (κ2) is 8.80. The Labute approximate surface area is 157 Å². The Bertz CT molecular complexity index is 787. The number of rotatable bonds is 6. The van der Waals surface area contributed by atoms with Crippen LogP contribution in [0.4, 0.5) is 10.5 Å². The Balaban J connectivity index is 1.76. The number of aromatic hydroxyl groups is 1. The average molecular weight is 376 g/mol. The monoisotopic (exact) mass is 376 g/mol. The minimum Gasteiger partial charge on any atom is -0.507 e. The molecule has 0 saturated heterocycles. The zero-order valence-corrected chi connectivity index (χ0v) is 16.0. The fraction of sp³-hybridized carbons (Fsp3) is 0.368. The first kappa shape index (κ1) is 19.9. The van der Waals surface area contributed by atoms with Crippen molar-refractivity contribution in [3.8, 4) is 5.75 Å². The zero-order chi connectivity index (χ0) is 19.2. The number of alkyl carbamates (subject to hydrolysis) is 1. The number of phenolic OH excluding ortho intramolecular Hbond substituents is 1. The van der Waals surface area contributed by atoms with Crippen LogP contribution in [-0.2, 0) is 9.53 Å². The molecule has 0 aliphatic heterocycles. The molecule has 6 nitrogen and oxygen atoms in total. The number of nitrogens with one attached hydrogen (secondary N) is 2. The molecule has 140 valence electrons. The number of ether oxygens (including phenoxy) is 1. The van der Waals surface area contributed by atoms with Gasteiger partial charge < -0.3 is 20.5 Å². The summed E-state index contributed by atoms with van der Waals surface area (Å²) in [5.74, 6) is 0.915. The third-order valence-electron chi connectivity index (χ3n) is 3.32. The van der Waals surface area contributed by atoms with Crippen LogP contribution < -0.4 is 10.6 Å². The molecule has 2 amide bonds. The number of carbonyl (C=O) groups is 2. The van der Waals surface area contributed by atoms with Gasteiger partial charge in [0.25, 0.3) is 0 Å². The van der Waals surface area contributed by atoms with Crippen molar-refractivity contribution in [2.75, 3.05) is 23.4 Å². The van der Waals surface area contributed by atoms with Gasteiger partial charge in [-0.2, -0.15) is 11.8 Å². The Morgan fingerprint density at radius 2 is 1.81 bits per heavy atom. The molecule has 0 aliphatic carbocycles. The van der Waals surface area contributed by atoms with Crippen LogP contribution in [0.2, 0.25) is 0 Å². The van der Waals surface area contributed by atoms with E-state index in [2.05, 4.69) is 10.6 Å². The van der Waals surface area contributed by atoms with Crippen molar-refractivity contribution in [3.05, 3.63) is 36.4 Å². The van der Waals surface area contributed by atoms with Gasteiger partial charge in [-0.3, -0.25) is 4.79 Å². The van der Waals surface area contributed by atoms with Crippen molar-refractivity contribution >= 4 is 40.2 Å². The normalized spacial score (nSPS) is 11.2. The van der Waals surface area contributed by atoms with Gasteiger partial charge in [0.15, 0.2) is 0 Å². The van der Waals surface area contributed by atoms with Gasteiger partial charge in [-0.05, 0) is 32.9 Å². The molecule has 0 fully saturated rings. The van der Waals surface area contributed by atoms with Gasteiger partial charge in [0.05, 0.1) is 5.75 Å². The summed E-state index contributed by atoms with van der Waals surface area (Å²) in [5.41, 5.74) is 0.139. The van der Waals surface area contributed by atoms with E-state index in [0.29, 0.717) is 23.4 Å². The number of anilines is 1. The first-order valence-electron chi connectivity index (χ1n) is 8.31. The number of carbonyl (C=O) groups excluding carboxylic acids is 2. The van der Waals surface area contributed by atoms with Crippen LogP contribution in [0.5, 0.6) is 5.75 Å². The molecule has 2 rings (SSSR count). The Kier molecular flexibility index (Phi) is 6.74. The van der Waals surface area contributed by atoms with Crippen molar-refractivity contribution < 1.29 is 19.4 Å². The lowest BCUT2D eigenvalue weighted by atomic mass is 10.1. The minimum absolute atomic E-state index is 0.136. The van der Waals surface area contributed by atoms with E-state index in [-0.39, 0.29) is 17.4 Å². The molecule has 0 aliphatic rings. The smallest absolute Gasteiger partial charge is 0.407 e. The summed E-state index contributed by atoms with van der Waals surface area (Å²) >= 11 is 1.42. The molecule has 26 heavy (non-hydrogen) atoms. The average Bonchev–Trinajstić information content (AvgIpc) is 2.54. The summed E-state index contributed by atoms with van der Waals surface area (Å²) in [6.07, 6.45) is -0.460. The molecule has 0 spiro atoms. The Hall–Kier alpha value is -2.41.